The number of fused-ring (bicyclic) bond motifs is 1. The lowest BCUT2D eigenvalue weighted by molar-refractivity contribution is -0.116. The molecule has 0 bridgehead atoms. The fourth-order valence-electron chi connectivity index (χ4n) is 4.43. The number of ketones is 1. The van der Waals surface area contributed by atoms with Crippen molar-refractivity contribution < 1.29 is 9.53 Å². The van der Waals surface area contributed by atoms with Gasteiger partial charge in [0.1, 0.15) is 10.9 Å². The molecule has 1 aromatic carbocycles. The van der Waals surface area contributed by atoms with E-state index in [0.29, 0.717) is 18.0 Å². The maximum absolute atomic E-state index is 12.8. The number of carbonyl (C=O) groups excluding carboxylic acids is 1. The maximum Gasteiger partial charge on any atom is 0.161 e. The number of nitrogens with zero attached hydrogens (tertiary/aromatic N) is 2. The third-order valence-corrected chi connectivity index (χ3v) is 5.89. The fourth-order valence-corrected chi connectivity index (χ4v) is 4.77. The lowest BCUT2D eigenvalue weighted by Crippen LogP contribution is -2.24. The first-order valence-electron chi connectivity index (χ1n) is 9.49. The number of rotatable bonds is 3. The molecule has 2 aliphatic rings. The van der Waals surface area contributed by atoms with Crippen molar-refractivity contribution >= 4 is 34.0 Å². The van der Waals surface area contributed by atoms with E-state index in [-0.39, 0.29) is 11.7 Å². The number of benzene rings is 1. The smallest absolute Gasteiger partial charge is 0.161 e. The topological polar surface area (TPSA) is 51.5 Å². The molecule has 2 aromatic rings. The van der Waals surface area contributed by atoms with Crippen LogP contribution in [-0.4, -0.2) is 23.6 Å². The van der Waals surface area contributed by atoms with E-state index < -0.39 is 0 Å². The number of halogens is 1. The number of carbonyl (C=O) groups is 1. The van der Waals surface area contributed by atoms with Crippen LogP contribution in [0.1, 0.15) is 56.6 Å². The van der Waals surface area contributed by atoms with Gasteiger partial charge < -0.3 is 4.74 Å². The first-order chi connectivity index (χ1) is 13.0. The Morgan fingerprint density at radius 2 is 2.11 bits per heavy atom. The van der Waals surface area contributed by atoms with E-state index in [0.717, 1.165) is 64.0 Å². The van der Waals surface area contributed by atoms with Gasteiger partial charge in [-0.1, -0.05) is 18.5 Å². The first kappa shape index (κ1) is 18.2. The second kappa shape index (κ2) is 7.08. The van der Waals surface area contributed by atoms with E-state index in [1.165, 1.54) is 0 Å². The second-order valence-corrected chi connectivity index (χ2v) is 7.63. The van der Waals surface area contributed by atoms with E-state index >= 15 is 0 Å². The van der Waals surface area contributed by atoms with Crippen LogP contribution < -0.4 is 4.74 Å². The standard InChI is InChI=1S/C22H23ClN2O2/c1-4-14-15-11-13(27-3)8-9-17(15)25-22(23)20(14)16-10-12(2)24-18-6-5-7-19(26)21(16)18/h8-9,11,16H,4-7,10H2,1-3H3. The molecule has 0 radical (unpaired) electrons. The number of methoxy groups -OCH3 is 1. The van der Waals surface area contributed by atoms with E-state index in [4.69, 9.17) is 21.3 Å². The number of pyridine rings is 1. The molecule has 0 saturated carbocycles. The van der Waals surface area contributed by atoms with Crippen LogP contribution in [-0.2, 0) is 11.2 Å². The first-order valence-corrected chi connectivity index (χ1v) is 9.87. The molecule has 0 spiro atoms. The molecular formula is C22H23ClN2O2. The Hall–Kier alpha value is -2.20. The zero-order valence-corrected chi connectivity index (χ0v) is 16.7. The minimum atomic E-state index is -0.0594. The molecule has 0 N–H and O–H groups in total. The number of aryl methyl sites for hydroxylation is 1. The Morgan fingerprint density at radius 3 is 2.85 bits per heavy atom. The van der Waals surface area contributed by atoms with Crippen LogP contribution in [0.5, 0.6) is 5.75 Å². The van der Waals surface area contributed by atoms with E-state index in [9.17, 15) is 4.79 Å². The number of ether oxygens (including phenoxy) is 1. The second-order valence-electron chi connectivity index (χ2n) is 7.27. The molecule has 1 atom stereocenters. The van der Waals surface area contributed by atoms with Crippen molar-refractivity contribution in [3.8, 4) is 5.75 Å². The van der Waals surface area contributed by atoms with Crippen molar-refractivity contribution in [2.45, 2.75) is 51.9 Å². The lowest BCUT2D eigenvalue weighted by atomic mass is 9.76. The normalized spacial score (nSPS) is 19.9. The minimum Gasteiger partial charge on any atom is -0.497 e. The van der Waals surface area contributed by atoms with Gasteiger partial charge in [0.05, 0.1) is 12.6 Å². The van der Waals surface area contributed by atoms with Gasteiger partial charge in [0.2, 0.25) is 0 Å². The predicted octanol–water partition coefficient (Wildman–Crippen LogP) is 5.41. The number of hydrogen-bond donors (Lipinski definition) is 0. The summed E-state index contributed by atoms with van der Waals surface area (Å²) < 4.78 is 5.41. The predicted molar refractivity (Wildman–Crippen MR) is 109 cm³/mol. The minimum absolute atomic E-state index is 0.0594. The van der Waals surface area contributed by atoms with Gasteiger partial charge in [0, 0.05) is 40.3 Å². The van der Waals surface area contributed by atoms with Crippen LogP contribution >= 0.6 is 11.6 Å². The summed E-state index contributed by atoms with van der Waals surface area (Å²) >= 11 is 6.70. The van der Waals surface area contributed by atoms with Crippen LogP contribution in [0.25, 0.3) is 10.9 Å². The Balaban J connectivity index is 1.98. The summed E-state index contributed by atoms with van der Waals surface area (Å²) in [4.78, 5) is 22.1. The van der Waals surface area contributed by atoms with Gasteiger partial charge in [0.15, 0.2) is 5.78 Å². The van der Waals surface area contributed by atoms with Crippen LogP contribution in [0.2, 0.25) is 5.15 Å². The number of Topliss-reactive ketones (excluding diaryl/α,β-unsaturated/α-hetero) is 1. The van der Waals surface area contributed by atoms with Crippen LogP contribution in [0.4, 0.5) is 0 Å². The zero-order chi connectivity index (χ0) is 19.1. The highest BCUT2D eigenvalue weighted by Gasteiger charge is 2.35. The summed E-state index contributed by atoms with van der Waals surface area (Å²) in [6.07, 6.45) is 3.86. The number of aliphatic imine (C=N–C) groups is 1. The van der Waals surface area contributed by atoms with Gasteiger partial charge in [-0.15, -0.1) is 0 Å². The van der Waals surface area contributed by atoms with Crippen molar-refractivity contribution in [1.29, 1.82) is 0 Å². The number of hydrogen-bond acceptors (Lipinski definition) is 4. The van der Waals surface area contributed by atoms with Gasteiger partial charge >= 0.3 is 0 Å². The van der Waals surface area contributed by atoms with Crippen molar-refractivity contribution in [2.75, 3.05) is 7.11 Å². The van der Waals surface area contributed by atoms with Crippen molar-refractivity contribution in [2.24, 2.45) is 4.99 Å². The van der Waals surface area contributed by atoms with Crippen LogP contribution in [0.3, 0.4) is 0 Å². The quantitative estimate of drug-likeness (QED) is 0.666. The highest BCUT2D eigenvalue weighted by molar-refractivity contribution is 6.31. The lowest BCUT2D eigenvalue weighted by Gasteiger charge is -2.31. The third-order valence-electron chi connectivity index (χ3n) is 5.60. The van der Waals surface area contributed by atoms with E-state index in [1.807, 2.05) is 25.1 Å². The summed E-state index contributed by atoms with van der Waals surface area (Å²) in [6, 6.07) is 5.85. The highest BCUT2D eigenvalue weighted by Crippen LogP contribution is 2.44. The molecule has 0 amide bonds. The molecule has 2 heterocycles. The number of aromatic nitrogens is 1. The van der Waals surface area contributed by atoms with Gasteiger partial charge in [0.25, 0.3) is 0 Å². The Labute approximate surface area is 164 Å². The molecule has 0 fully saturated rings. The summed E-state index contributed by atoms with van der Waals surface area (Å²) in [6.45, 7) is 4.16. The summed E-state index contributed by atoms with van der Waals surface area (Å²) in [7, 11) is 1.66. The van der Waals surface area contributed by atoms with Gasteiger partial charge in [-0.05, 0) is 56.4 Å². The molecule has 5 heteroatoms. The van der Waals surface area contributed by atoms with Crippen molar-refractivity contribution in [3.63, 3.8) is 0 Å². The summed E-state index contributed by atoms with van der Waals surface area (Å²) in [5.41, 5.74) is 5.84. The molecule has 140 valence electrons. The summed E-state index contributed by atoms with van der Waals surface area (Å²) in [5.74, 6) is 0.944. The molecule has 1 aliphatic heterocycles. The molecule has 1 aromatic heterocycles. The average Bonchev–Trinajstić information content (AvgIpc) is 2.65. The Kier molecular flexibility index (Phi) is 4.77. The fraction of sp³-hybridized carbons (Fsp3) is 0.409. The molecule has 1 unspecified atom stereocenters. The van der Waals surface area contributed by atoms with Crippen molar-refractivity contribution in [1.82, 2.24) is 4.98 Å². The number of allylic oxidation sites excluding steroid dienone is 2. The molecule has 27 heavy (non-hydrogen) atoms. The molecule has 0 saturated heterocycles. The maximum atomic E-state index is 12.8. The van der Waals surface area contributed by atoms with Gasteiger partial charge in [-0.3, -0.25) is 9.79 Å². The van der Waals surface area contributed by atoms with Crippen LogP contribution in [0, 0.1) is 0 Å². The Bertz CT molecular complexity index is 1010. The molecule has 4 rings (SSSR count). The average molecular weight is 383 g/mol. The van der Waals surface area contributed by atoms with Crippen molar-refractivity contribution in [3.05, 3.63) is 45.7 Å². The summed E-state index contributed by atoms with van der Waals surface area (Å²) in [5, 5.41) is 1.54. The van der Waals surface area contributed by atoms with E-state index in [1.54, 1.807) is 7.11 Å². The Morgan fingerprint density at radius 1 is 1.30 bits per heavy atom. The van der Waals surface area contributed by atoms with Crippen LogP contribution in [0.15, 0.2) is 34.5 Å². The SMILES string of the molecule is CCc1c(C2CC(C)=NC3=C2C(=O)CCC3)c(Cl)nc2ccc(OC)cc12. The zero-order valence-electron chi connectivity index (χ0n) is 15.9. The van der Waals surface area contributed by atoms with Gasteiger partial charge in [-0.2, -0.15) is 0 Å². The van der Waals surface area contributed by atoms with E-state index in [2.05, 4.69) is 11.9 Å². The molecular weight excluding hydrogens is 360 g/mol. The monoisotopic (exact) mass is 382 g/mol. The molecule has 1 aliphatic carbocycles. The molecule has 4 nitrogen and oxygen atoms in total. The third kappa shape index (κ3) is 3.06. The highest BCUT2D eigenvalue weighted by atomic mass is 35.5. The van der Waals surface area contributed by atoms with Gasteiger partial charge in [-0.25, -0.2) is 4.98 Å². The largest absolute Gasteiger partial charge is 0.497 e.